The molecule has 0 saturated carbocycles. The van der Waals surface area contributed by atoms with Crippen LogP contribution in [0.4, 0.5) is 5.69 Å². The number of methoxy groups -OCH3 is 1. The fourth-order valence-electron chi connectivity index (χ4n) is 5.26. The van der Waals surface area contributed by atoms with Gasteiger partial charge in [0.15, 0.2) is 11.5 Å². The van der Waals surface area contributed by atoms with Crippen molar-refractivity contribution in [2.45, 2.75) is 18.9 Å². The lowest BCUT2D eigenvalue weighted by molar-refractivity contribution is 0.103. The highest BCUT2D eigenvalue weighted by Crippen LogP contribution is 2.44. The number of amidine groups is 1. The minimum atomic E-state index is -3.22. The minimum Gasteiger partial charge on any atom is -0.491 e. The van der Waals surface area contributed by atoms with Crippen LogP contribution in [-0.4, -0.2) is 114 Å². The summed E-state index contributed by atoms with van der Waals surface area (Å²) in [5.74, 6) is 2.87. The van der Waals surface area contributed by atoms with Crippen molar-refractivity contribution in [3.8, 4) is 11.5 Å². The van der Waals surface area contributed by atoms with Gasteiger partial charge in [0.25, 0.3) is 0 Å². The SMILES string of the molecule is COc1c(OCCOCCNS(C)(=O)=O)ccc2c1N=C(N1C=C(C3CCCN3C)C=CC1)N1CCN=C21. The van der Waals surface area contributed by atoms with Crippen LogP contribution in [-0.2, 0) is 14.8 Å². The van der Waals surface area contributed by atoms with Gasteiger partial charge in [-0.05, 0) is 44.1 Å². The molecule has 1 saturated heterocycles. The number of benzene rings is 1. The average Bonchev–Trinajstić information content (AvgIpc) is 3.56. The molecular formula is C26H36N6O5S. The summed E-state index contributed by atoms with van der Waals surface area (Å²) >= 11 is 0. The van der Waals surface area contributed by atoms with Crippen molar-refractivity contribution >= 4 is 27.5 Å². The number of nitrogens with one attached hydrogen (secondary N) is 1. The first-order chi connectivity index (χ1) is 18.4. The van der Waals surface area contributed by atoms with Crippen LogP contribution in [0.1, 0.15) is 18.4 Å². The molecule has 1 atom stereocenters. The summed E-state index contributed by atoms with van der Waals surface area (Å²) in [7, 11) is 0.583. The van der Waals surface area contributed by atoms with E-state index in [1.165, 1.54) is 18.4 Å². The van der Waals surface area contributed by atoms with Gasteiger partial charge in [0.1, 0.15) is 18.1 Å². The molecule has 1 aromatic rings. The number of sulfonamides is 1. The molecular weight excluding hydrogens is 508 g/mol. The normalized spacial score (nSPS) is 21.1. The summed E-state index contributed by atoms with van der Waals surface area (Å²) in [5.41, 5.74) is 2.93. The van der Waals surface area contributed by atoms with Crippen LogP contribution >= 0.6 is 0 Å². The summed E-state index contributed by atoms with van der Waals surface area (Å²) < 4.78 is 41.9. The number of likely N-dealkylation sites (N-methyl/N-ethyl adjacent to an activating group) is 1. The monoisotopic (exact) mass is 544 g/mol. The molecule has 1 unspecified atom stereocenters. The van der Waals surface area contributed by atoms with Gasteiger partial charge < -0.3 is 19.1 Å². The molecule has 0 radical (unpaired) electrons. The molecule has 5 rings (SSSR count). The fraction of sp³-hybridized carbons (Fsp3) is 0.538. The fourth-order valence-corrected chi connectivity index (χ4v) is 5.72. The molecule has 12 heteroatoms. The molecule has 4 aliphatic heterocycles. The van der Waals surface area contributed by atoms with Crippen molar-refractivity contribution in [1.29, 1.82) is 0 Å². The number of ether oxygens (including phenoxy) is 3. The van der Waals surface area contributed by atoms with Gasteiger partial charge in [0.2, 0.25) is 16.0 Å². The van der Waals surface area contributed by atoms with Crippen molar-refractivity contribution < 1.29 is 22.6 Å². The number of aliphatic imine (C=N–C) groups is 2. The lowest BCUT2D eigenvalue weighted by Gasteiger charge is -2.36. The van der Waals surface area contributed by atoms with E-state index in [0.29, 0.717) is 36.4 Å². The summed E-state index contributed by atoms with van der Waals surface area (Å²) in [6, 6.07) is 4.28. The molecule has 1 N–H and O–H groups in total. The molecule has 1 fully saturated rings. The maximum absolute atomic E-state index is 11.1. The van der Waals surface area contributed by atoms with E-state index < -0.39 is 10.0 Å². The predicted molar refractivity (Wildman–Crippen MR) is 147 cm³/mol. The van der Waals surface area contributed by atoms with Crippen LogP contribution in [0.2, 0.25) is 0 Å². The summed E-state index contributed by atoms with van der Waals surface area (Å²) in [5, 5.41) is 0. The smallest absolute Gasteiger partial charge is 0.212 e. The molecule has 206 valence electrons. The second kappa shape index (κ2) is 11.4. The maximum atomic E-state index is 11.1. The van der Waals surface area contributed by atoms with Crippen LogP contribution in [0.3, 0.4) is 0 Å². The summed E-state index contributed by atoms with van der Waals surface area (Å²) in [4.78, 5) is 16.7. The van der Waals surface area contributed by atoms with E-state index in [2.05, 4.69) is 44.8 Å². The third-order valence-corrected chi connectivity index (χ3v) is 7.74. The maximum Gasteiger partial charge on any atom is 0.212 e. The van der Waals surface area contributed by atoms with Gasteiger partial charge in [-0.3, -0.25) is 14.8 Å². The number of fused-ring (bicyclic) bond motifs is 3. The standard InChI is InChI=1S/C26H36N6O5S/c1-30-12-5-7-21(30)19-6-4-13-31(18-19)26-29-23-20(25-27-10-14-32(25)26)8-9-22(24(23)35-2)37-17-16-36-15-11-28-38(3,33)34/h4,6,8-9,18,21,28H,5,7,10-17H2,1-3H3. The van der Waals surface area contributed by atoms with Crippen LogP contribution in [0.15, 0.2) is 46.0 Å². The first kappa shape index (κ1) is 26.7. The van der Waals surface area contributed by atoms with E-state index in [1.54, 1.807) is 7.11 Å². The second-order valence-corrected chi connectivity index (χ2v) is 11.5. The average molecular weight is 545 g/mol. The lowest BCUT2D eigenvalue weighted by atomic mass is 10.0. The number of rotatable bonds is 10. The van der Waals surface area contributed by atoms with E-state index >= 15 is 0 Å². The Morgan fingerprint density at radius 1 is 1.18 bits per heavy atom. The Kier molecular flexibility index (Phi) is 8.03. The number of hydrogen-bond donors (Lipinski definition) is 1. The van der Waals surface area contributed by atoms with Crippen molar-refractivity contribution in [1.82, 2.24) is 19.4 Å². The lowest BCUT2D eigenvalue weighted by Crippen LogP contribution is -2.47. The predicted octanol–water partition coefficient (Wildman–Crippen LogP) is 1.55. The minimum absolute atomic E-state index is 0.218. The van der Waals surface area contributed by atoms with E-state index in [4.69, 9.17) is 24.2 Å². The molecule has 1 aromatic carbocycles. The van der Waals surface area contributed by atoms with Gasteiger partial charge >= 0.3 is 0 Å². The van der Waals surface area contributed by atoms with Gasteiger partial charge in [-0.15, -0.1) is 0 Å². The van der Waals surface area contributed by atoms with Crippen molar-refractivity contribution in [3.05, 3.63) is 41.6 Å². The van der Waals surface area contributed by atoms with Crippen LogP contribution in [0, 0.1) is 0 Å². The Morgan fingerprint density at radius 3 is 2.82 bits per heavy atom. The zero-order valence-corrected chi connectivity index (χ0v) is 23.0. The molecule has 38 heavy (non-hydrogen) atoms. The molecule has 0 bridgehead atoms. The molecule has 0 spiro atoms. The summed E-state index contributed by atoms with van der Waals surface area (Å²) in [6.45, 7) is 4.43. The highest BCUT2D eigenvalue weighted by Gasteiger charge is 2.35. The zero-order chi connectivity index (χ0) is 26.7. The van der Waals surface area contributed by atoms with E-state index in [9.17, 15) is 8.42 Å². The van der Waals surface area contributed by atoms with E-state index in [1.807, 2.05) is 12.1 Å². The third kappa shape index (κ3) is 5.73. The number of nitrogens with zero attached hydrogens (tertiary/aromatic N) is 5. The Morgan fingerprint density at radius 2 is 2.05 bits per heavy atom. The number of hydrogen-bond acceptors (Lipinski definition) is 10. The van der Waals surface area contributed by atoms with Crippen molar-refractivity contribution in [2.24, 2.45) is 9.98 Å². The molecule has 0 aliphatic carbocycles. The Hall–Kier alpha value is -2.93. The van der Waals surface area contributed by atoms with Crippen LogP contribution in [0.5, 0.6) is 11.5 Å². The van der Waals surface area contributed by atoms with Gasteiger partial charge in [0, 0.05) is 37.4 Å². The number of guanidine groups is 1. The molecule has 4 heterocycles. The van der Waals surface area contributed by atoms with E-state index in [0.717, 1.165) is 43.2 Å². The van der Waals surface area contributed by atoms with Gasteiger partial charge in [-0.25, -0.2) is 18.1 Å². The van der Waals surface area contributed by atoms with Gasteiger partial charge in [0.05, 0.1) is 33.1 Å². The molecule has 0 aromatic heterocycles. The second-order valence-electron chi connectivity index (χ2n) is 9.71. The van der Waals surface area contributed by atoms with Crippen molar-refractivity contribution in [2.75, 3.05) is 73.0 Å². The topological polar surface area (TPSA) is 108 Å². The Balaban J connectivity index is 1.34. The molecule has 11 nitrogen and oxygen atoms in total. The molecule has 0 amide bonds. The van der Waals surface area contributed by atoms with Crippen molar-refractivity contribution in [3.63, 3.8) is 0 Å². The first-order valence-electron chi connectivity index (χ1n) is 13.0. The first-order valence-corrected chi connectivity index (χ1v) is 14.9. The van der Waals surface area contributed by atoms with Crippen LogP contribution < -0.4 is 14.2 Å². The van der Waals surface area contributed by atoms with Crippen LogP contribution in [0.25, 0.3) is 0 Å². The third-order valence-electron chi connectivity index (χ3n) is 7.01. The highest BCUT2D eigenvalue weighted by atomic mass is 32.2. The number of likely N-dealkylation sites (tertiary alicyclic amines) is 1. The van der Waals surface area contributed by atoms with Gasteiger partial charge in [-0.2, -0.15) is 0 Å². The molecule has 4 aliphatic rings. The largest absolute Gasteiger partial charge is 0.491 e. The summed E-state index contributed by atoms with van der Waals surface area (Å²) in [6.07, 6.45) is 10.2. The quantitative estimate of drug-likeness (QED) is 0.442. The highest BCUT2D eigenvalue weighted by molar-refractivity contribution is 7.88. The Bertz CT molecular complexity index is 1270. The zero-order valence-electron chi connectivity index (χ0n) is 22.2. The van der Waals surface area contributed by atoms with E-state index in [-0.39, 0.29) is 19.8 Å². The Labute approximate surface area is 224 Å². The van der Waals surface area contributed by atoms with Gasteiger partial charge in [-0.1, -0.05) is 12.2 Å².